The Hall–Kier alpha value is -2.83. The molecule has 0 bridgehead atoms. The number of piperidine rings is 1. The van der Waals surface area contributed by atoms with Gasteiger partial charge >= 0.3 is 0 Å². The van der Waals surface area contributed by atoms with Gasteiger partial charge in [-0.1, -0.05) is 42.4 Å². The second kappa shape index (κ2) is 7.70. The number of ether oxygens (including phenoxy) is 1. The molecular weight excluding hydrogens is 410 g/mol. The van der Waals surface area contributed by atoms with Crippen LogP contribution in [0.4, 0.5) is 5.82 Å². The van der Waals surface area contributed by atoms with Gasteiger partial charge in [-0.3, -0.25) is 5.10 Å². The summed E-state index contributed by atoms with van der Waals surface area (Å²) in [6.45, 7) is 5.90. The van der Waals surface area contributed by atoms with E-state index in [4.69, 9.17) is 22.1 Å². The smallest absolute Gasteiger partial charge is 0.215 e. The van der Waals surface area contributed by atoms with Crippen molar-refractivity contribution in [3.8, 4) is 5.88 Å². The quantitative estimate of drug-likeness (QED) is 0.636. The van der Waals surface area contributed by atoms with E-state index in [2.05, 4.69) is 50.9 Å². The van der Waals surface area contributed by atoms with Gasteiger partial charge in [0.25, 0.3) is 0 Å². The fraction of sp³-hybridized carbons (Fsp3) is 0.333. The monoisotopic (exact) mass is 435 g/mol. The topological polar surface area (TPSA) is 80.1 Å². The predicted octanol–water partition coefficient (Wildman–Crippen LogP) is 4.37. The number of hydrogen-bond acceptors (Lipinski definition) is 5. The van der Waals surface area contributed by atoms with Gasteiger partial charge < -0.3 is 15.4 Å². The molecule has 1 saturated heterocycles. The minimum Gasteiger partial charge on any atom is -0.481 e. The van der Waals surface area contributed by atoms with Crippen molar-refractivity contribution in [3.05, 3.63) is 76.6 Å². The molecule has 0 radical (unpaired) electrons. The molecule has 3 N–H and O–H groups in total. The lowest BCUT2D eigenvalue weighted by Crippen LogP contribution is -2.44. The van der Waals surface area contributed by atoms with Gasteiger partial charge in [0.1, 0.15) is 0 Å². The van der Waals surface area contributed by atoms with Crippen molar-refractivity contribution < 1.29 is 4.74 Å². The van der Waals surface area contributed by atoms with Gasteiger partial charge in [-0.05, 0) is 41.9 Å². The lowest BCUT2D eigenvalue weighted by molar-refractivity contribution is 0.187. The molecule has 0 amide bonds. The van der Waals surface area contributed by atoms with Gasteiger partial charge in [-0.25, -0.2) is 0 Å². The Labute approximate surface area is 187 Å². The average Bonchev–Trinajstić information content (AvgIpc) is 3.42. The number of rotatable bonds is 4. The first-order valence-corrected chi connectivity index (χ1v) is 10.9. The number of pyridine rings is 1. The molecular formula is C24H26ClN5O. The molecule has 3 aromatic rings. The normalized spacial score (nSPS) is 19.5. The number of fused-ring (bicyclic) bond motifs is 1. The number of benzene rings is 1. The van der Waals surface area contributed by atoms with E-state index in [-0.39, 0.29) is 11.5 Å². The summed E-state index contributed by atoms with van der Waals surface area (Å²) in [7, 11) is 1.61. The van der Waals surface area contributed by atoms with Crippen LogP contribution in [0.1, 0.15) is 41.3 Å². The maximum atomic E-state index is 6.86. The van der Waals surface area contributed by atoms with E-state index < -0.39 is 0 Å². The highest BCUT2D eigenvalue weighted by Gasteiger charge is 2.46. The van der Waals surface area contributed by atoms with Crippen LogP contribution < -0.4 is 15.4 Å². The van der Waals surface area contributed by atoms with Crippen molar-refractivity contribution in [1.82, 2.24) is 15.2 Å². The second-order valence-corrected chi connectivity index (χ2v) is 8.88. The lowest BCUT2D eigenvalue weighted by Gasteiger charge is -2.43. The summed E-state index contributed by atoms with van der Waals surface area (Å²) in [4.78, 5) is 6.93. The molecule has 2 aromatic heterocycles. The summed E-state index contributed by atoms with van der Waals surface area (Å²) in [6, 6.07) is 12.3. The molecule has 1 aliphatic heterocycles. The number of methoxy groups -OCH3 is 1. The SMILES string of the molecule is C=C(c1ccn[nH]1)c1cc(OC)nc(N2CCC3(CC2)Cc2ccccc2[C@H]3N)c1Cl. The third kappa shape index (κ3) is 3.30. The highest BCUT2D eigenvalue weighted by Crippen LogP contribution is 2.51. The van der Waals surface area contributed by atoms with Crippen molar-refractivity contribution in [2.45, 2.75) is 25.3 Å². The highest BCUT2D eigenvalue weighted by molar-refractivity contribution is 6.35. The van der Waals surface area contributed by atoms with Gasteiger partial charge in [-0.2, -0.15) is 10.1 Å². The summed E-state index contributed by atoms with van der Waals surface area (Å²) >= 11 is 6.86. The first kappa shape index (κ1) is 20.1. The van der Waals surface area contributed by atoms with Crippen molar-refractivity contribution in [2.24, 2.45) is 11.1 Å². The Morgan fingerprint density at radius 2 is 2.06 bits per heavy atom. The van der Waals surface area contributed by atoms with Crippen LogP contribution in [0.25, 0.3) is 5.57 Å². The summed E-state index contributed by atoms with van der Waals surface area (Å²) < 4.78 is 5.48. The van der Waals surface area contributed by atoms with E-state index in [1.54, 1.807) is 13.3 Å². The van der Waals surface area contributed by atoms with Crippen molar-refractivity contribution >= 4 is 23.0 Å². The molecule has 3 heterocycles. The van der Waals surface area contributed by atoms with Gasteiger partial charge in [0, 0.05) is 42.5 Å². The summed E-state index contributed by atoms with van der Waals surface area (Å²) in [5.74, 6) is 1.25. The Morgan fingerprint density at radius 1 is 1.29 bits per heavy atom. The van der Waals surface area contributed by atoms with E-state index >= 15 is 0 Å². The van der Waals surface area contributed by atoms with E-state index in [0.717, 1.165) is 55.0 Å². The van der Waals surface area contributed by atoms with Crippen LogP contribution in [-0.4, -0.2) is 35.4 Å². The predicted molar refractivity (Wildman–Crippen MR) is 123 cm³/mol. The molecule has 1 fully saturated rings. The molecule has 1 aliphatic carbocycles. The zero-order chi connectivity index (χ0) is 21.6. The third-order valence-corrected chi connectivity index (χ3v) is 7.30. The number of H-pyrrole nitrogens is 1. The number of aromatic nitrogens is 3. The summed E-state index contributed by atoms with van der Waals surface area (Å²) in [5.41, 5.74) is 11.9. The molecule has 0 saturated carbocycles. The van der Waals surface area contributed by atoms with Gasteiger partial charge in [0.15, 0.2) is 5.82 Å². The lowest BCUT2D eigenvalue weighted by atomic mass is 9.73. The molecule has 1 spiro atoms. The number of anilines is 1. The Balaban J connectivity index is 1.42. The standard InChI is InChI=1S/C24H26ClN5O/c1-15(19-7-10-27-29-19)18-13-20(31-2)28-23(21(18)25)30-11-8-24(9-12-30)14-16-5-3-4-6-17(16)22(24)26/h3-7,10,13,22H,1,8-9,11-12,14,26H2,2H3,(H,27,29)/t22-/m1/s1. The van der Waals surface area contributed by atoms with Crippen LogP contribution in [0.15, 0.2) is 49.2 Å². The maximum Gasteiger partial charge on any atom is 0.215 e. The molecule has 2 aliphatic rings. The molecule has 1 atom stereocenters. The Morgan fingerprint density at radius 3 is 2.74 bits per heavy atom. The number of nitrogens with zero attached hydrogens (tertiary/aromatic N) is 3. The van der Waals surface area contributed by atoms with Crippen LogP contribution in [0.3, 0.4) is 0 Å². The van der Waals surface area contributed by atoms with Crippen LogP contribution in [0.2, 0.25) is 5.02 Å². The zero-order valence-electron chi connectivity index (χ0n) is 17.6. The van der Waals surface area contributed by atoms with Crippen LogP contribution >= 0.6 is 11.6 Å². The van der Waals surface area contributed by atoms with E-state index in [1.165, 1.54) is 11.1 Å². The molecule has 0 unspecified atom stereocenters. The Bertz CT molecular complexity index is 1120. The fourth-order valence-corrected chi connectivity index (χ4v) is 5.40. The number of aromatic amines is 1. The van der Waals surface area contributed by atoms with E-state index in [1.807, 2.05) is 12.1 Å². The first-order valence-electron chi connectivity index (χ1n) is 10.5. The van der Waals surface area contributed by atoms with Gasteiger partial charge in [0.05, 0.1) is 17.8 Å². The zero-order valence-corrected chi connectivity index (χ0v) is 18.3. The van der Waals surface area contributed by atoms with Crippen LogP contribution in [0.5, 0.6) is 5.88 Å². The second-order valence-electron chi connectivity index (χ2n) is 8.50. The van der Waals surface area contributed by atoms with Crippen LogP contribution in [-0.2, 0) is 6.42 Å². The fourth-order valence-electron chi connectivity index (χ4n) is 5.07. The molecule has 160 valence electrons. The van der Waals surface area contributed by atoms with Crippen molar-refractivity contribution in [3.63, 3.8) is 0 Å². The van der Waals surface area contributed by atoms with Gasteiger partial charge in [0.2, 0.25) is 5.88 Å². The van der Waals surface area contributed by atoms with Crippen LogP contribution in [0, 0.1) is 5.41 Å². The number of nitrogens with two attached hydrogens (primary N) is 1. The number of nitrogens with one attached hydrogen (secondary N) is 1. The van der Waals surface area contributed by atoms with Crippen molar-refractivity contribution in [2.75, 3.05) is 25.1 Å². The molecule has 7 heteroatoms. The number of halogens is 1. The third-order valence-electron chi connectivity index (χ3n) is 6.93. The maximum absolute atomic E-state index is 6.86. The molecule has 1 aromatic carbocycles. The first-order chi connectivity index (χ1) is 15.0. The minimum atomic E-state index is 0.0790. The highest BCUT2D eigenvalue weighted by atomic mass is 35.5. The average molecular weight is 436 g/mol. The Kier molecular flexibility index (Phi) is 4.99. The van der Waals surface area contributed by atoms with Crippen molar-refractivity contribution in [1.29, 1.82) is 0 Å². The minimum absolute atomic E-state index is 0.0790. The largest absolute Gasteiger partial charge is 0.481 e. The number of hydrogen-bond donors (Lipinski definition) is 2. The van der Waals surface area contributed by atoms with E-state index in [9.17, 15) is 0 Å². The molecule has 5 rings (SSSR count). The summed E-state index contributed by atoms with van der Waals surface area (Å²) in [6.07, 6.45) is 4.73. The molecule has 31 heavy (non-hydrogen) atoms. The van der Waals surface area contributed by atoms with Gasteiger partial charge in [-0.15, -0.1) is 0 Å². The van der Waals surface area contributed by atoms with E-state index in [0.29, 0.717) is 10.9 Å². The molecule has 6 nitrogen and oxygen atoms in total. The summed E-state index contributed by atoms with van der Waals surface area (Å²) in [5, 5.41) is 7.55.